The summed E-state index contributed by atoms with van der Waals surface area (Å²) < 4.78 is -1.66. The van der Waals surface area contributed by atoms with E-state index in [0.717, 1.165) is 17.5 Å². The molecule has 9 heteroatoms. The molecule has 6 rings (SSSR count). The fraction of sp³-hybridized carbons (Fsp3) is 0.388. The minimum absolute atomic E-state index is 0. The summed E-state index contributed by atoms with van der Waals surface area (Å²) >= 11 is 36.4. The van der Waals surface area contributed by atoms with Crippen LogP contribution in [0.4, 0.5) is 0 Å². The van der Waals surface area contributed by atoms with Crippen molar-refractivity contribution in [2.75, 3.05) is 0 Å². The van der Waals surface area contributed by atoms with Gasteiger partial charge in [0.25, 0.3) is 0 Å². The largest absolute Gasteiger partial charge is 1.00 e. The molecule has 312 valence electrons. The van der Waals surface area contributed by atoms with Gasteiger partial charge in [-0.2, -0.15) is 35.9 Å². The van der Waals surface area contributed by atoms with Crippen molar-refractivity contribution in [3.8, 4) is 11.1 Å². The van der Waals surface area contributed by atoms with Crippen LogP contribution in [0.25, 0.3) is 11.1 Å². The number of halogens is 8. The third-order valence-electron chi connectivity index (χ3n) is 9.79. The molecule has 0 heterocycles. The zero-order valence-corrected chi connectivity index (χ0v) is 44.0. The van der Waals surface area contributed by atoms with Gasteiger partial charge >= 0.3 is 175 Å². The van der Waals surface area contributed by atoms with E-state index in [2.05, 4.69) is 107 Å². The van der Waals surface area contributed by atoms with E-state index in [-0.39, 0.29) is 46.5 Å². The van der Waals surface area contributed by atoms with Gasteiger partial charge < -0.3 is 24.8 Å². The van der Waals surface area contributed by atoms with E-state index < -0.39 is 7.59 Å². The standard InChI is InChI=1S/C29H41.C15H8Cl6.C5H5.2ClH.Zr/c1-26(2,3)22-14-18-13-19-15-23(27(4,5)6)25(29(10,11)12)17-21(19)20(18)16-24(22)28(7,8)9;16-14(17,18)12-5-1-10(2-6-12)9-11-3-7-13(8-4-11)15(19,20)21;1-2-4-5-3-1;;;/h14,16-17H,13H2,1-12H3;1-8H;1-5H;2*1H;/q-1;;-1;;;+2/p-2. The van der Waals surface area contributed by atoms with Crippen molar-refractivity contribution in [2.45, 2.75) is 119 Å². The molecule has 0 saturated heterocycles. The van der Waals surface area contributed by atoms with Crippen molar-refractivity contribution in [1.82, 2.24) is 0 Å². The Hall–Kier alpha value is -0.697. The SMILES string of the molecule is CC(C)(C)c1[c-]c2c(cc1C(C)(C)C)-c1cc(C(C)(C)C)c(C(C)(C)C)cc1C2.ClC(Cl)(Cl)c1ccc([C](=[Zr+2])c2ccc(C(Cl)(Cl)Cl)cc2)cc1.[Cl-].[Cl-].c1cc[cH-]c1. The molecule has 0 unspecified atom stereocenters. The predicted molar refractivity (Wildman–Crippen MR) is 245 cm³/mol. The van der Waals surface area contributed by atoms with Crippen molar-refractivity contribution in [3.63, 3.8) is 0 Å². The van der Waals surface area contributed by atoms with Gasteiger partial charge in [0.05, 0.1) is 0 Å². The summed E-state index contributed by atoms with van der Waals surface area (Å²) in [6, 6.07) is 36.4. The van der Waals surface area contributed by atoms with Crippen molar-refractivity contribution < 1.29 is 49.0 Å². The Morgan fingerprint density at radius 1 is 0.534 bits per heavy atom. The van der Waals surface area contributed by atoms with Crippen molar-refractivity contribution in [3.05, 3.63) is 159 Å². The molecule has 0 spiro atoms. The van der Waals surface area contributed by atoms with E-state index in [0.29, 0.717) is 11.1 Å². The summed E-state index contributed by atoms with van der Waals surface area (Å²) in [5, 5.41) is 0. The fourth-order valence-electron chi connectivity index (χ4n) is 6.76. The van der Waals surface area contributed by atoms with Gasteiger partial charge in [-0.25, -0.2) is 12.1 Å². The summed E-state index contributed by atoms with van der Waals surface area (Å²) in [5.41, 5.74) is 15.4. The van der Waals surface area contributed by atoms with Crippen molar-refractivity contribution in [1.29, 1.82) is 0 Å². The molecule has 1 aliphatic rings. The van der Waals surface area contributed by atoms with E-state index in [4.69, 9.17) is 69.6 Å². The number of benzene rings is 4. The second-order valence-electron chi connectivity index (χ2n) is 18.7. The van der Waals surface area contributed by atoms with Crippen LogP contribution in [0, 0.1) is 6.07 Å². The minimum atomic E-state index is -1.41. The van der Waals surface area contributed by atoms with Gasteiger partial charge in [0.15, 0.2) is 0 Å². The van der Waals surface area contributed by atoms with Crippen LogP contribution in [0.3, 0.4) is 0 Å². The summed E-state index contributed by atoms with van der Waals surface area (Å²) in [6.07, 6.45) is 1.01. The van der Waals surface area contributed by atoms with E-state index in [9.17, 15) is 0 Å². The van der Waals surface area contributed by atoms with Gasteiger partial charge in [0, 0.05) is 0 Å². The monoisotopic (exact) mass is 1010 g/mol. The zero-order chi connectivity index (χ0) is 42.2. The second kappa shape index (κ2) is 20.2. The molecule has 0 bridgehead atoms. The third-order valence-corrected chi connectivity index (χ3v) is 12.5. The Morgan fingerprint density at radius 3 is 1.24 bits per heavy atom. The first kappa shape index (κ1) is 53.4. The van der Waals surface area contributed by atoms with E-state index in [1.807, 2.05) is 78.9 Å². The summed E-state index contributed by atoms with van der Waals surface area (Å²) in [6.45, 7) is 28.0. The molecular weight excluding hydrogens is 963 g/mol. The van der Waals surface area contributed by atoms with Crippen LogP contribution in [0.15, 0.2) is 97.1 Å². The summed E-state index contributed by atoms with van der Waals surface area (Å²) in [4.78, 5) is 0. The molecule has 5 aromatic carbocycles. The third kappa shape index (κ3) is 13.9. The maximum atomic E-state index is 5.86. The van der Waals surface area contributed by atoms with E-state index in [1.165, 1.54) is 71.9 Å². The Balaban J connectivity index is 0.000000354. The molecule has 1 aliphatic carbocycles. The number of fused-ring (bicyclic) bond motifs is 3. The molecule has 0 fully saturated rings. The van der Waals surface area contributed by atoms with E-state index >= 15 is 0 Å². The molecular formula is C49H54Cl8Zr-2. The van der Waals surface area contributed by atoms with Crippen LogP contribution in [0.2, 0.25) is 0 Å². The zero-order valence-electron chi connectivity index (χ0n) is 35.5. The molecule has 58 heavy (non-hydrogen) atoms. The maximum Gasteiger partial charge on any atom is -0.172 e. The summed E-state index contributed by atoms with van der Waals surface area (Å²) in [7, 11) is 0. The molecule has 0 aromatic heterocycles. The van der Waals surface area contributed by atoms with Crippen molar-refractivity contribution in [2.24, 2.45) is 0 Å². The van der Waals surface area contributed by atoms with Crippen LogP contribution in [-0.4, -0.2) is 3.21 Å². The van der Waals surface area contributed by atoms with Crippen LogP contribution >= 0.6 is 69.6 Å². The molecule has 0 saturated carbocycles. The average Bonchev–Trinajstić information content (AvgIpc) is 3.77. The number of hydrogen-bond donors (Lipinski definition) is 0. The van der Waals surface area contributed by atoms with Crippen molar-refractivity contribution >= 4 is 72.8 Å². The first-order chi connectivity index (χ1) is 25.5. The Kier molecular flexibility index (Phi) is 18.6. The smallest absolute Gasteiger partial charge is 0.172 e. The topological polar surface area (TPSA) is 0 Å². The van der Waals surface area contributed by atoms with Gasteiger partial charge in [0.2, 0.25) is 0 Å². The Labute approximate surface area is 406 Å². The minimum Gasteiger partial charge on any atom is -1.00 e. The Morgan fingerprint density at radius 2 is 0.914 bits per heavy atom. The molecule has 0 amide bonds. The molecule has 0 aliphatic heterocycles. The van der Waals surface area contributed by atoms with Gasteiger partial charge in [0.1, 0.15) is 0 Å². The van der Waals surface area contributed by atoms with Crippen LogP contribution in [0.5, 0.6) is 0 Å². The maximum absolute atomic E-state index is 5.86. The van der Waals surface area contributed by atoms with Crippen LogP contribution in [0.1, 0.15) is 139 Å². The van der Waals surface area contributed by atoms with Crippen LogP contribution in [-0.2, 0) is 59.9 Å². The van der Waals surface area contributed by atoms with Gasteiger partial charge in [-0.15, -0.1) is 16.7 Å². The quantitative estimate of drug-likeness (QED) is 0.120. The molecule has 5 aromatic rings. The first-order valence-corrected chi connectivity index (χ1v) is 22.4. The Bertz CT molecular complexity index is 1950. The average molecular weight is 1020 g/mol. The molecule has 0 N–H and O–H groups in total. The molecule has 0 nitrogen and oxygen atoms in total. The second-order valence-corrected chi connectivity index (χ2v) is 24.5. The fourth-order valence-corrected chi connectivity index (χ4v) is 8.34. The number of alkyl halides is 6. The molecule has 0 radical (unpaired) electrons. The van der Waals surface area contributed by atoms with Gasteiger partial charge in [-0.1, -0.05) is 106 Å². The van der Waals surface area contributed by atoms with Gasteiger partial charge in [-0.3, -0.25) is 0 Å². The number of rotatable bonds is 2. The molecule has 0 atom stereocenters. The number of hydrogen-bond acceptors (Lipinski definition) is 0. The summed E-state index contributed by atoms with van der Waals surface area (Å²) in [5.74, 6) is 0. The van der Waals surface area contributed by atoms with Crippen LogP contribution < -0.4 is 24.8 Å². The predicted octanol–water partition coefficient (Wildman–Crippen LogP) is 10.1. The van der Waals surface area contributed by atoms with E-state index in [1.54, 1.807) is 0 Å². The van der Waals surface area contributed by atoms with Gasteiger partial charge in [-0.05, 0) is 39.4 Å². The normalized spacial score (nSPS) is 12.8. The first-order valence-electron chi connectivity index (χ1n) is 18.9.